The molecule has 1 saturated carbocycles. The van der Waals surface area contributed by atoms with E-state index in [-0.39, 0.29) is 11.3 Å². The summed E-state index contributed by atoms with van der Waals surface area (Å²) in [5, 5.41) is 11.9. The number of aromatic nitrogens is 2. The predicted molar refractivity (Wildman–Crippen MR) is 70.3 cm³/mol. The highest BCUT2D eigenvalue weighted by atomic mass is 16.5. The van der Waals surface area contributed by atoms with Crippen LogP contribution in [-0.2, 0) is 4.74 Å². The lowest BCUT2D eigenvalue weighted by molar-refractivity contribution is -0.0234. The molecule has 0 radical (unpaired) electrons. The molecule has 1 heterocycles. The molecule has 1 aliphatic carbocycles. The molecule has 2 N–H and O–H groups in total. The van der Waals surface area contributed by atoms with Crippen molar-refractivity contribution >= 4 is 11.8 Å². The first-order valence-corrected chi connectivity index (χ1v) is 6.58. The third kappa shape index (κ3) is 3.41. The Kier molecular flexibility index (Phi) is 4.31. The van der Waals surface area contributed by atoms with E-state index in [1.807, 2.05) is 6.92 Å². The van der Waals surface area contributed by atoms with Gasteiger partial charge >= 0.3 is 5.97 Å². The molecule has 0 atom stereocenters. The summed E-state index contributed by atoms with van der Waals surface area (Å²) in [7, 11) is 0. The fraction of sp³-hybridized carbons (Fsp3) is 0.615. The maximum atomic E-state index is 10.7. The summed E-state index contributed by atoms with van der Waals surface area (Å²) in [6.07, 6.45) is 7.17. The van der Waals surface area contributed by atoms with Crippen LogP contribution < -0.4 is 5.32 Å². The van der Waals surface area contributed by atoms with Gasteiger partial charge in [-0.2, -0.15) is 0 Å². The number of hydrogen-bond donors (Lipinski definition) is 2. The number of anilines is 1. The number of nitrogens with zero attached hydrogens (tertiary/aromatic N) is 2. The second kappa shape index (κ2) is 5.97. The van der Waals surface area contributed by atoms with Gasteiger partial charge in [0, 0.05) is 13.2 Å². The fourth-order valence-electron chi connectivity index (χ4n) is 2.48. The van der Waals surface area contributed by atoms with Crippen LogP contribution in [0.4, 0.5) is 5.82 Å². The first-order chi connectivity index (χ1) is 9.15. The Labute approximate surface area is 112 Å². The van der Waals surface area contributed by atoms with Gasteiger partial charge in [-0.05, 0) is 19.8 Å². The molecule has 0 amide bonds. The van der Waals surface area contributed by atoms with E-state index < -0.39 is 5.97 Å². The highest BCUT2D eigenvalue weighted by molar-refractivity contribution is 5.84. The summed E-state index contributed by atoms with van der Waals surface area (Å²) in [6, 6.07) is 0. The summed E-state index contributed by atoms with van der Waals surface area (Å²) >= 11 is 0. The van der Waals surface area contributed by atoms with Crippen molar-refractivity contribution in [1.82, 2.24) is 9.97 Å². The molecule has 104 valence electrons. The second-order valence-electron chi connectivity index (χ2n) is 4.77. The zero-order valence-electron chi connectivity index (χ0n) is 11.1. The molecule has 0 unspecified atom stereocenters. The van der Waals surface area contributed by atoms with Crippen LogP contribution >= 0.6 is 0 Å². The van der Waals surface area contributed by atoms with E-state index in [0.717, 1.165) is 12.8 Å². The lowest BCUT2D eigenvalue weighted by Crippen LogP contribution is -2.37. The van der Waals surface area contributed by atoms with Gasteiger partial charge in [-0.15, -0.1) is 0 Å². The van der Waals surface area contributed by atoms with Gasteiger partial charge in [0.15, 0.2) is 5.69 Å². The Hall–Kier alpha value is -1.69. The molecule has 2 rings (SSSR count). The summed E-state index contributed by atoms with van der Waals surface area (Å²) in [5.41, 5.74) is -0.159. The Morgan fingerprint density at radius 2 is 2.16 bits per heavy atom. The molecule has 0 aliphatic heterocycles. The number of nitrogens with one attached hydrogen (secondary N) is 1. The SMILES string of the molecule is CCOC1(CNc2cnc(C(=O)O)cn2)CCCC1. The van der Waals surface area contributed by atoms with Crippen molar-refractivity contribution < 1.29 is 14.6 Å². The largest absolute Gasteiger partial charge is 0.476 e. The molecule has 1 fully saturated rings. The molecule has 0 saturated heterocycles. The maximum absolute atomic E-state index is 10.7. The zero-order valence-corrected chi connectivity index (χ0v) is 11.1. The normalized spacial score (nSPS) is 17.3. The van der Waals surface area contributed by atoms with Crippen LogP contribution in [0.25, 0.3) is 0 Å². The average molecular weight is 265 g/mol. The number of ether oxygens (including phenoxy) is 1. The van der Waals surface area contributed by atoms with Gasteiger partial charge in [0.25, 0.3) is 0 Å². The third-order valence-corrected chi connectivity index (χ3v) is 3.43. The highest BCUT2D eigenvalue weighted by Gasteiger charge is 2.34. The summed E-state index contributed by atoms with van der Waals surface area (Å²) in [4.78, 5) is 18.5. The van der Waals surface area contributed by atoms with Gasteiger partial charge in [-0.3, -0.25) is 0 Å². The van der Waals surface area contributed by atoms with Crippen LogP contribution in [0.5, 0.6) is 0 Å². The molecule has 1 aliphatic rings. The molecule has 19 heavy (non-hydrogen) atoms. The number of rotatable bonds is 6. The maximum Gasteiger partial charge on any atom is 0.356 e. The van der Waals surface area contributed by atoms with E-state index in [2.05, 4.69) is 15.3 Å². The highest BCUT2D eigenvalue weighted by Crippen LogP contribution is 2.33. The summed E-state index contributed by atoms with van der Waals surface area (Å²) < 4.78 is 5.87. The van der Waals surface area contributed by atoms with Crippen LogP contribution in [-0.4, -0.2) is 39.8 Å². The van der Waals surface area contributed by atoms with Gasteiger partial charge in [0.2, 0.25) is 0 Å². The molecule has 6 nitrogen and oxygen atoms in total. The van der Waals surface area contributed by atoms with Gasteiger partial charge in [-0.1, -0.05) is 12.8 Å². The number of carboxylic acid groups (broad SMARTS) is 1. The Balaban J connectivity index is 1.95. The van der Waals surface area contributed by atoms with Crippen molar-refractivity contribution in [2.45, 2.75) is 38.2 Å². The minimum Gasteiger partial charge on any atom is -0.476 e. The number of carboxylic acids is 1. The number of carbonyl (C=O) groups is 1. The summed E-state index contributed by atoms with van der Waals surface area (Å²) in [5.74, 6) is -0.489. The fourth-order valence-corrected chi connectivity index (χ4v) is 2.48. The molecular formula is C13H19N3O3. The first-order valence-electron chi connectivity index (χ1n) is 6.58. The first kappa shape index (κ1) is 13.7. The van der Waals surface area contributed by atoms with Crippen molar-refractivity contribution in [2.75, 3.05) is 18.5 Å². The molecule has 0 spiro atoms. The molecule has 1 aromatic heterocycles. The monoisotopic (exact) mass is 265 g/mol. The Bertz CT molecular complexity index is 427. The van der Waals surface area contributed by atoms with Gasteiger partial charge < -0.3 is 15.2 Å². The van der Waals surface area contributed by atoms with E-state index in [9.17, 15) is 4.79 Å². The Morgan fingerprint density at radius 1 is 1.42 bits per heavy atom. The van der Waals surface area contributed by atoms with Crippen molar-refractivity contribution in [3.63, 3.8) is 0 Å². The molecule has 1 aromatic rings. The number of hydrogen-bond acceptors (Lipinski definition) is 5. The Morgan fingerprint density at radius 3 is 2.68 bits per heavy atom. The van der Waals surface area contributed by atoms with Crippen molar-refractivity contribution in [1.29, 1.82) is 0 Å². The standard InChI is InChI=1S/C13H19N3O3/c1-2-19-13(5-3-4-6-13)9-16-11-8-14-10(7-15-11)12(17)18/h7-8H,2-6,9H2,1H3,(H,15,16)(H,17,18). The van der Waals surface area contributed by atoms with Gasteiger partial charge in [0.05, 0.1) is 18.0 Å². The average Bonchev–Trinajstić information content (AvgIpc) is 2.86. The topological polar surface area (TPSA) is 84.3 Å². The minimum absolute atomic E-state index is 0.0501. The van der Waals surface area contributed by atoms with Crippen molar-refractivity contribution in [3.05, 3.63) is 18.1 Å². The van der Waals surface area contributed by atoms with E-state index in [1.54, 1.807) is 0 Å². The van der Waals surface area contributed by atoms with Crippen LogP contribution in [0.15, 0.2) is 12.4 Å². The van der Waals surface area contributed by atoms with Crippen molar-refractivity contribution in [3.8, 4) is 0 Å². The van der Waals surface area contributed by atoms with Crippen molar-refractivity contribution in [2.24, 2.45) is 0 Å². The van der Waals surface area contributed by atoms with Gasteiger partial charge in [-0.25, -0.2) is 14.8 Å². The van der Waals surface area contributed by atoms with Crippen LogP contribution in [0.1, 0.15) is 43.1 Å². The van der Waals surface area contributed by atoms with E-state index >= 15 is 0 Å². The lowest BCUT2D eigenvalue weighted by Gasteiger charge is -2.29. The van der Waals surface area contributed by atoms with Crippen LogP contribution in [0.3, 0.4) is 0 Å². The smallest absolute Gasteiger partial charge is 0.356 e. The van der Waals surface area contributed by atoms with Crippen LogP contribution in [0, 0.1) is 0 Å². The minimum atomic E-state index is -1.07. The summed E-state index contributed by atoms with van der Waals surface area (Å²) in [6.45, 7) is 3.38. The molecule has 0 bridgehead atoms. The lowest BCUT2D eigenvalue weighted by atomic mass is 10.0. The third-order valence-electron chi connectivity index (χ3n) is 3.43. The van der Waals surface area contributed by atoms with E-state index in [0.29, 0.717) is 19.0 Å². The second-order valence-corrected chi connectivity index (χ2v) is 4.77. The zero-order chi connectivity index (χ0) is 13.7. The quantitative estimate of drug-likeness (QED) is 0.817. The molecule has 0 aromatic carbocycles. The van der Waals surface area contributed by atoms with Gasteiger partial charge in [0.1, 0.15) is 5.82 Å². The predicted octanol–water partition coefficient (Wildman–Crippen LogP) is 1.94. The van der Waals surface area contributed by atoms with E-state index in [1.165, 1.54) is 25.2 Å². The molecule has 6 heteroatoms. The number of aromatic carboxylic acids is 1. The van der Waals surface area contributed by atoms with Crippen LogP contribution in [0.2, 0.25) is 0 Å². The van der Waals surface area contributed by atoms with E-state index in [4.69, 9.17) is 9.84 Å². The molecular weight excluding hydrogens is 246 g/mol.